The van der Waals surface area contributed by atoms with Crippen molar-refractivity contribution in [2.75, 3.05) is 21.3 Å². The van der Waals surface area contributed by atoms with E-state index in [1.165, 1.54) is 38.0 Å². The van der Waals surface area contributed by atoms with E-state index >= 15 is 0 Å². The first-order valence-corrected chi connectivity index (χ1v) is 11.3. The molecule has 4 rings (SSSR count). The first kappa shape index (κ1) is 24.9. The minimum Gasteiger partial charge on any atom is -0.493 e. The van der Waals surface area contributed by atoms with Gasteiger partial charge in [0.05, 0.1) is 37.9 Å². The third kappa shape index (κ3) is 4.65. The Kier molecular flexibility index (Phi) is 7.30. The highest BCUT2D eigenvalue weighted by Gasteiger charge is 2.20. The van der Waals surface area contributed by atoms with Crippen molar-refractivity contribution in [3.63, 3.8) is 0 Å². The standard InChI is InChI=1S/C26H24ClN3O6/c1-34-21-12-17(13-22(35-2)24(21)36-3)30-25(32)18-9-5-7-11-20(18)29(26(30)33)15-23(31)28-14-16-8-4-6-10-19(16)27/h4-13H,14-15H2,1-3H3,(H,28,31). The molecule has 0 radical (unpaired) electrons. The van der Waals surface area contributed by atoms with Crippen molar-refractivity contribution in [1.29, 1.82) is 0 Å². The second-order valence-electron chi connectivity index (χ2n) is 7.78. The van der Waals surface area contributed by atoms with Crippen molar-refractivity contribution in [2.24, 2.45) is 0 Å². The molecule has 1 N–H and O–H groups in total. The zero-order valence-electron chi connectivity index (χ0n) is 19.9. The van der Waals surface area contributed by atoms with Crippen molar-refractivity contribution in [1.82, 2.24) is 14.5 Å². The van der Waals surface area contributed by atoms with Crippen molar-refractivity contribution < 1.29 is 19.0 Å². The van der Waals surface area contributed by atoms with E-state index in [1.807, 2.05) is 6.07 Å². The van der Waals surface area contributed by atoms with E-state index in [0.717, 1.165) is 10.1 Å². The summed E-state index contributed by atoms with van der Waals surface area (Å²) in [4.78, 5) is 39.9. The first-order valence-electron chi connectivity index (χ1n) is 10.9. The van der Waals surface area contributed by atoms with Gasteiger partial charge in [-0.3, -0.25) is 14.2 Å². The zero-order chi connectivity index (χ0) is 25.8. The smallest absolute Gasteiger partial charge is 0.336 e. The van der Waals surface area contributed by atoms with Crippen LogP contribution in [0, 0.1) is 0 Å². The van der Waals surface area contributed by atoms with Crippen LogP contribution >= 0.6 is 11.6 Å². The Morgan fingerprint density at radius 2 is 1.56 bits per heavy atom. The molecular weight excluding hydrogens is 486 g/mol. The van der Waals surface area contributed by atoms with E-state index in [1.54, 1.807) is 42.5 Å². The second kappa shape index (κ2) is 10.6. The molecule has 0 atom stereocenters. The minimum absolute atomic E-state index is 0.192. The molecule has 0 bridgehead atoms. The average Bonchev–Trinajstić information content (AvgIpc) is 2.90. The van der Waals surface area contributed by atoms with Gasteiger partial charge >= 0.3 is 5.69 Å². The van der Waals surface area contributed by atoms with E-state index in [9.17, 15) is 14.4 Å². The lowest BCUT2D eigenvalue weighted by Gasteiger charge is -2.17. The Morgan fingerprint density at radius 3 is 2.19 bits per heavy atom. The number of para-hydroxylation sites is 1. The molecule has 1 aromatic heterocycles. The highest BCUT2D eigenvalue weighted by Crippen LogP contribution is 2.38. The minimum atomic E-state index is -0.694. The van der Waals surface area contributed by atoms with Gasteiger partial charge in [0.15, 0.2) is 11.5 Å². The molecule has 3 aromatic carbocycles. The molecule has 0 spiro atoms. The van der Waals surface area contributed by atoms with E-state index in [2.05, 4.69) is 5.32 Å². The number of carbonyl (C=O) groups is 1. The van der Waals surface area contributed by atoms with Crippen LogP contribution < -0.4 is 30.8 Å². The SMILES string of the molecule is COc1cc(-n2c(=O)c3ccccc3n(CC(=O)NCc3ccccc3Cl)c2=O)cc(OC)c1OC. The molecule has 9 nitrogen and oxygen atoms in total. The number of hydrogen-bond acceptors (Lipinski definition) is 6. The fourth-order valence-corrected chi connectivity index (χ4v) is 4.14. The maximum absolute atomic E-state index is 13.6. The Balaban J connectivity index is 1.82. The zero-order valence-corrected chi connectivity index (χ0v) is 20.7. The van der Waals surface area contributed by atoms with Gasteiger partial charge in [0.2, 0.25) is 11.7 Å². The van der Waals surface area contributed by atoms with Crippen LogP contribution in [-0.2, 0) is 17.9 Å². The van der Waals surface area contributed by atoms with Crippen molar-refractivity contribution in [3.05, 3.63) is 92.1 Å². The number of ether oxygens (including phenoxy) is 3. The average molecular weight is 510 g/mol. The molecule has 4 aromatic rings. The Hall–Kier alpha value is -4.24. The fourth-order valence-electron chi connectivity index (χ4n) is 3.93. The van der Waals surface area contributed by atoms with Gasteiger partial charge in [-0.2, -0.15) is 0 Å². The quantitative estimate of drug-likeness (QED) is 0.391. The predicted octanol–water partition coefficient (Wildman–Crippen LogP) is 3.15. The van der Waals surface area contributed by atoms with E-state index in [-0.39, 0.29) is 35.7 Å². The monoisotopic (exact) mass is 509 g/mol. The molecule has 0 aliphatic rings. The number of nitrogens with one attached hydrogen (secondary N) is 1. The summed E-state index contributed by atoms with van der Waals surface area (Å²) in [6.45, 7) is -0.119. The van der Waals surface area contributed by atoms with Gasteiger partial charge in [0, 0.05) is 23.7 Å². The lowest BCUT2D eigenvalue weighted by molar-refractivity contribution is -0.121. The summed E-state index contributed by atoms with van der Waals surface area (Å²) >= 11 is 6.17. The lowest BCUT2D eigenvalue weighted by Crippen LogP contribution is -2.41. The Morgan fingerprint density at radius 1 is 0.917 bits per heavy atom. The summed E-state index contributed by atoms with van der Waals surface area (Å²) in [6.07, 6.45) is 0. The van der Waals surface area contributed by atoms with Crippen LogP contribution in [0.3, 0.4) is 0 Å². The number of rotatable bonds is 8. The van der Waals surface area contributed by atoms with Gasteiger partial charge in [-0.25, -0.2) is 9.36 Å². The summed E-state index contributed by atoms with van der Waals surface area (Å²) in [5.41, 5.74) is 0.0464. The fraction of sp³-hybridized carbons (Fsp3) is 0.192. The summed E-state index contributed by atoms with van der Waals surface area (Å²) in [7, 11) is 4.33. The molecule has 186 valence electrons. The lowest BCUT2D eigenvalue weighted by atomic mass is 10.2. The molecule has 10 heteroatoms. The van der Waals surface area contributed by atoms with Crippen LogP contribution in [0.4, 0.5) is 0 Å². The second-order valence-corrected chi connectivity index (χ2v) is 8.19. The Labute approximate surface area is 211 Å². The maximum Gasteiger partial charge on any atom is 0.336 e. The summed E-state index contributed by atoms with van der Waals surface area (Å²) in [5, 5.41) is 3.57. The van der Waals surface area contributed by atoms with Crippen LogP contribution in [-0.4, -0.2) is 36.4 Å². The molecule has 1 heterocycles. The van der Waals surface area contributed by atoms with Gasteiger partial charge in [0.1, 0.15) is 6.54 Å². The van der Waals surface area contributed by atoms with Gasteiger partial charge in [-0.05, 0) is 23.8 Å². The van der Waals surface area contributed by atoms with Crippen LogP contribution in [0.25, 0.3) is 16.6 Å². The number of aromatic nitrogens is 2. The van der Waals surface area contributed by atoms with Gasteiger partial charge in [-0.1, -0.05) is 41.9 Å². The number of nitrogens with zero attached hydrogens (tertiary/aromatic N) is 2. The number of benzene rings is 3. The van der Waals surface area contributed by atoms with Gasteiger partial charge in [-0.15, -0.1) is 0 Å². The van der Waals surface area contributed by atoms with Crippen LogP contribution in [0.5, 0.6) is 17.2 Å². The number of halogens is 1. The van der Waals surface area contributed by atoms with Crippen molar-refractivity contribution in [3.8, 4) is 22.9 Å². The number of hydrogen-bond donors (Lipinski definition) is 1. The summed E-state index contributed by atoms with van der Waals surface area (Å²) < 4.78 is 18.3. The molecular formula is C26H24ClN3O6. The first-order chi connectivity index (χ1) is 17.4. The predicted molar refractivity (Wildman–Crippen MR) is 137 cm³/mol. The molecule has 0 saturated heterocycles. The molecule has 36 heavy (non-hydrogen) atoms. The number of carbonyl (C=O) groups excluding carboxylic acids is 1. The highest BCUT2D eigenvalue weighted by molar-refractivity contribution is 6.31. The highest BCUT2D eigenvalue weighted by atomic mass is 35.5. The molecule has 0 aliphatic carbocycles. The number of fused-ring (bicyclic) bond motifs is 1. The van der Waals surface area contributed by atoms with E-state index in [4.69, 9.17) is 25.8 Å². The maximum atomic E-state index is 13.6. The topological polar surface area (TPSA) is 101 Å². The van der Waals surface area contributed by atoms with Crippen molar-refractivity contribution >= 4 is 28.4 Å². The van der Waals surface area contributed by atoms with Gasteiger partial charge in [0.25, 0.3) is 5.56 Å². The molecule has 0 saturated carbocycles. The number of amides is 1. The van der Waals surface area contributed by atoms with Gasteiger partial charge < -0.3 is 19.5 Å². The summed E-state index contributed by atoms with van der Waals surface area (Å²) in [6, 6.07) is 16.8. The Bertz CT molecular complexity index is 1530. The largest absolute Gasteiger partial charge is 0.493 e. The van der Waals surface area contributed by atoms with Crippen LogP contribution in [0.1, 0.15) is 5.56 Å². The molecule has 0 unspecified atom stereocenters. The van der Waals surface area contributed by atoms with Crippen LogP contribution in [0.2, 0.25) is 5.02 Å². The summed E-state index contributed by atoms with van der Waals surface area (Å²) in [5.74, 6) is 0.444. The molecule has 0 fully saturated rings. The molecule has 0 aliphatic heterocycles. The van der Waals surface area contributed by atoms with E-state index in [0.29, 0.717) is 16.3 Å². The van der Waals surface area contributed by atoms with Crippen LogP contribution in [0.15, 0.2) is 70.3 Å². The third-order valence-electron chi connectivity index (χ3n) is 5.69. The third-order valence-corrected chi connectivity index (χ3v) is 6.06. The van der Waals surface area contributed by atoms with Crippen molar-refractivity contribution in [2.45, 2.75) is 13.1 Å². The number of methoxy groups -OCH3 is 3. The normalized spacial score (nSPS) is 10.8. The molecule has 1 amide bonds. The van der Waals surface area contributed by atoms with E-state index < -0.39 is 17.2 Å².